The van der Waals surface area contributed by atoms with Gasteiger partial charge in [0.25, 0.3) is 0 Å². The number of benzene rings is 2. The Hall–Kier alpha value is -3.10. The second-order valence-electron chi connectivity index (χ2n) is 7.28. The highest BCUT2D eigenvalue weighted by Crippen LogP contribution is 2.40. The molecule has 2 aromatic heterocycles. The number of hydrogen-bond donors (Lipinski definition) is 1. The van der Waals surface area contributed by atoms with Crippen LogP contribution in [0.25, 0.3) is 4.96 Å². The number of methoxy groups -OCH3 is 1. The Morgan fingerprint density at radius 2 is 1.83 bits per heavy atom. The van der Waals surface area contributed by atoms with Gasteiger partial charge in [0.15, 0.2) is 0 Å². The molecule has 1 N–H and O–H groups in total. The number of aromatic hydroxyl groups is 1. The summed E-state index contributed by atoms with van der Waals surface area (Å²) in [7, 11) is 1.67. The summed E-state index contributed by atoms with van der Waals surface area (Å²) >= 11 is 1.48. The summed E-state index contributed by atoms with van der Waals surface area (Å²) in [5, 5.41) is 15.1. The fourth-order valence-corrected chi connectivity index (χ4v) is 5.18. The molecule has 0 unspecified atom stereocenters. The minimum Gasteiger partial charge on any atom is -0.497 e. The maximum Gasteiger partial charge on any atom is 0.230 e. The summed E-state index contributed by atoms with van der Waals surface area (Å²) in [6, 6.07) is 18.5. The topological polar surface area (TPSA) is 66.1 Å². The molecule has 0 spiro atoms. The Morgan fingerprint density at radius 3 is 2.57 bits per heavy atom. The molecule has 1 aliphatic rings. The molecular weight excluding hydrogens is 398 g/mol. The van der Waals surface area contributed by atoms with E-state index in [-0.39, 0.29) is 11.9 Å². The van der Waals surface area contributed by atoms with Crippen LogP contribution in [0.15, 0.2) is 60.9 Å². The third-order valence-electron chi connectivity index (χ3n) is 5.60. The zero-order chi connectivity index (χ0) is 20.5. The van der Waals surface area contributed by atoms with Crippen LogP contribution in [0.1, 0.15) is 16.5 Å². The lowest BCUT2D eigenvalue weighted by Crippen LogP contribution is -2.47. The van der Waals surface area contributed by atoms with Gasteiger partial charge in [0.1, 0.15) is 12.1 Å². The van der Waals surface area contributed by atoms with E-state index in [1.807, 2.05) is 24.3 Å². The normalized spacial score (nSPS) is 16.1. The van der Waals surface area contributed by atoms with E-state index in [0.717, 1.165) is 42.4 Å². The van der Waals surface area contributed by atoms with Gasteiger partial charge in [-0.3, -0.25) is 4.90 Å². The SMILES string of the molecule is COc1cccc([C@@H](c2sc3ncnn3c2O)N2CCN(c3ccccc3)CC2)c1. The largest absolute Gasteiger partial charge is 0.497 e. The first-order valence-electron chi connectivity index (χ1n) is 9.94. The van der Waals surface area contributed by atoms with Crippen molar-refractivity contribution in [3.63, 3.8) is 0 Å². The van der Waals surface area contributed by atoms with Crippen LogP contribution >= 0.6 is 11.3 Å². The van der Waals surface area contributed by atoms with E-state index in [9.17, 15) is 5.11 Å². The van der Waals surface area contributed by atoms with Crippen LogP contribution in [0.5, 0.6) is 11.6 Å². The number of ether oxygens (including phenoxy) is 1. The van der Waals surface area contributed by atoms with Gasteiger partial charge in [-0.2, -0.15) is 9.61 Å². The predicted molar refractivity (Wildman–Crippen MR) is 118 cm³/mol. The third kappa shape index (κ3) is 3.38. The summed E-state index contributed by atoms with van der Waals surface area (Å²) in [6.07, 6.45) is 1.47. The van der Waals surface area contributed by atoms with Gasteiger partial charge in [0.2, 0.25) is 10.8 Å². The second-order valence-corrected chi connectivity index (χ2v) is 8.29. The monoisotopic (exact) mass is 421 g/mol. The molecule has 1 fully saturated rings. The summed E-state index contributed by atoms with van der Waals surface area (Å²) in [6.45, 7) is 3.60. The van der Waals surface area contributed by atoms with E-state index in [1.54, 1.807) is 7.11 Å². The molecule has 4 aromatic rings. The molecule has 1 atom stereocenters. The molecule has 1 saturated heterocycles. The van der Waals surface area contributed by atoms with Crippen molar-refractivity contribution in [2.45, 2.75) is 6.04 Å². The number of para-hydroxylation sites is 1. The number of aromatic nitrogens is 3. The molecule has 0 radical (unpaired) electrons. The van der Waals surface area contributed by atoms with Crippen molar-refractivity contribution in [1.82, 2.24) is 19.5 Å². The van der Waals surface area contributed by atoms with Gasteiger partial charge < -0.3 is 14.7 Å². The number of hydrogen-bond acceptors (Lipinski definition) is 7. The highest BCUT2D eigenvalue weighted by atomic mass is 32.1. The molecule has 8 heteroatoms. The number of thiazole rings is 1. The van der Waals surface area contributed by atoms with Gasteiger partial charge in [-0.25, -0.2) is 4.98 Å². The predicted octanol–water partition coefficient (Wildman–Crippen LogP) is 3.42. The molecule has 0 aliphatic carbocycles. The van der Waals surface area contributed by atoms with Gasteiger partial charge in [0, 0.05) is 31.9 Å². The molecule has 5 rings (SSSR count). The maximum atomic E-state index is 10.9. The lowest BCUT2D eigenvalue weighted by molar-refractivity contribution is 0.211. The molecule has 0 amide bonds. The number of piperazine rings is 1. The van der Waals surface area contributed by atoms with Crippen molar-refractivity contribution in [2.24, 2.45) is 0 Å². The minimum absolute atomic E-state index is 0.0912. The zero-order valence-electron chi connectivity index (χ0n) is 16.7. The molecule has 154 valence electrons. The van der Waals surface area contributed by atoms with E-state index in [1.165, 1.54) is 27.9 Å². The molecule has 1 aliphatic heterocycles. The van der Waals surface area contributed by atoms with Gasteiger partial charge in [0.05, 0.1) is 18.0 Å². The van der Waals surface area contributed by atoms with Crippen molar-refractivity contribution in [3.05, 3.63) is 71.4 Å². The summed E-state index contributed by atoms with van der Waals surface area (Å²) in [5.41, 5.74) is 2.33. The highest BCUT2D eigenvalue weighted by molar-refractivity contribution is 7.17. The smallest absolute Gasteiger partial charge is 0.230 e. The Labute approximate surface area is 178 Å². The van der Waals surface area contributed by atoms with Crippen LogP contribution in [-0.2, 0) is 0 Å². The van der Waals surface area contributed by atoms with E-state index in [4.69, 9.17) is 4.74 Å². The Morgan fingerprint density at radius 1 is 1.03 bits per heavy atom. The second kappa shape index (κ2) is 7.97. The summed E-state index contributed by atoms with van der Waals surface area (Å²) < 4.78 is 6.97. The molecule has 30 heavy (non-hydrogen) atoms. The fourth-order valence-electron chi connectivity index (χ4n) is 4.09. The first-order chi connectivity index (χ1) is 14.7. The minimum atomic E-state index is -0.0912. The van der Waals surface area contributed by atoms with Gasteiger partial charge >= 0.3 is 0 Å². The zero-order valence-corrected chi connectivity index (χ0v) is 17.5. The van der Waals surface area contributed by atoms with Crippen LogP contribution in [0.4, 0.5) is 5.69 Å². The van der Waals surface area contributed by atoms with Crippen molar-refractivity contribution in [1.29, 1.82) is 0 Å². The van der Waals surface area contributed by atoms with Crippen molar-refractivity contribution < 1.29 is 9.84 Å². The number of rotatable bonds is 5. The molecule has 2 aromatic carbocycles. The van der Waals surface area contributed by atoms with Crippen LogP contribution in [0.2, 0.25) is 0 Å². The average molecular weight is 422 g/mol. The first-order valence-corrected chi connectivity index (χ1v) is 10.8. The molecule has 0 bridgehead atoms. The average Bonchev–Trinajstić information content (AvgIpc) is 3.39. The van der Waals surface area contributed by atoms with E-state index >= 15 is 0 Å². The molecule has 0 saturated carbocycles. The van der Waals surface area contributed by atoms with E-state index < -0.39 is 0 Å². The quantitative estimate of drug-likeness (QED) is 0.533. The Kier molecular flexibility index (Phi) is 5.02. The summed E-state index contributed by atoms with van der Waals surface area (Å²) in [4.78, 5) is 10.6. The lowest BCUT2D eigenvalue weighted by Gasteiger charge is -2.40. The highest BCUT2D eigenvalue weighted by Gasteiger charge is 2.31. The van der Waals surface area contributed by atoms with Crippen LogP contribution in [0, 0.1) is 0 Å². The van der Waals surface area contributed by atoms with Crippen molar-refractivity contribution >= 4 is 22.0 Å². The standard InChI is InChI=1S/C22H23N5O2S/c1-29-18-9-5-6-16(14-18)19(20-21(28)27-22(30-20)23-15-24-27)26-12-10-25(11-13-26)17-7-3-2-4-8-17/h2-9,14-15,19,28H,10-13H2,1H3/t19-/m0/s1. The number of nitrogens with zero attached hydrogens (tertiary/aromatic N) is 5. The molecular formula is C22H23N5O2S. The van der Waals surface area contributed by atoms with Crippen LogP contribution in [-0.4, -0.2) is 57.9 Å². The molecule has 7 nitrogen and oxygen atoms in total. The van der Waals surface area contributed by atoms with Crippen molar-refractivity contribution in [3.8, 4) is 11.6 Å². The fraction of sp³-hybridized carbons (Fsp3) is 0.273. The maximum absolute atomic E-state index is 10.9. The third-order valence-corrected chi connectivity index (χ3v) is 6.68. The Balaban J connectivity index is 1.49. The van der Waals surface area contributed by atoms with E-state index in [2.05, 4.69) is 50.2 Å². The summed E-state index contributed by atoms with van der Waals surface area (Å²) in [5.74, 6) is 0.963. The first kappa shape index (κ1) is 18.9. The van der Waals surface area contributed by atoms with E-state index in [0.29, 0.717) is 4.96 Å². The number of anilines is 1. The molecule has 3 heterocycles. The van der Waals surface area contributed by atoms with Gasteiger partial charge in [-0.1, -0.05) is 41.7 Å². The Bertz CT molecular complexity index is 1130. The number of fused-ring (bicyclic) bond motifs is 1. The van der Waals surface area contributed by atoms with Crippen LogP contribution in [0.3, 0.4) is 0 Å². The van der Waals surface area contributed by atoms with Crippen LogP contribution < -0.4 is 9.64 Å². The van der Waals surface area contributed by atoms with Gasteiger partial charge in [-0.05, 0) is 29.8 Å². The van der Waals surface area contributed by atoms with Crippen molar-refractivity contribution in [2.75, 3.05) is 38.2 Å². The van der Waals surface area contributed by atoms with Gasteiger partial charge in [-0.15, -0.1) is 0 Å². The lowest BCUT2D eigenvalue weighted by atomic mass is 10.0.